The van der Waals surface area contributed by atoms with Crippen LogP contribution < -0.4 is 0 Å². The van der Waals surface area contributed by atoms with E-state index in [1.807, 2.05) is 0 Å². The average molecular weight is 203 g/mol. The van der Waals surface area contributed by atoms with Crippen LogP contribution >= 0.6 is 0 Å². The third-order valence-electron chi connectivity index (χ3n) is 2.42. The molecule has 14 heavy (non-hydrogen) atoms. The molecule has 1 aromatic rings. The molecule has 0 aromatic carbocycles. The number of hydrogen-bond donors (Lipinski definition) is 0. The van der Waals surface area contributed by atoms with Crippen LogP contribution in [-0.2, 0) is 0 Å². The maximum atomic E-state index is 12.4. The molecule has 0 aliphatic heterocycles. The summed E-state index contributed by atoms with van der Waals surface area (Å²) in [5.41, 5.74) is 1.58. The molecule has 0 spiro atoms. The van der Waals surface area contributed by atoms with Crippen molar-refractivity contribution < 1.29 is 13.2 Å². The maximum absolute atomic E-state index is 12.4. The lowest BCUT2D eigenvalue weighted by Crippen LogP contribution is -2.20. The van der Waals surface area contributed by atoms with E-state index in [2.05, 4.69) is 4.98 Å². The SMILES string of the molecule is Cc1ccnc(C(C)C(F)(F)F)c1C. The standard InChI is InChI=1S/C10H12F3N/c1-6-4-5-14-9(7(6)2)8(3)10(11,12)13/h4-5,8H,1-3H3. The molecule has 78 valence electrons. The Hall–Kier alpha value is -1.06. The fraction of sp³-hybridized carbons (Fsp3) is 0.500. The average Bonchev–Trinajstić information content (AvgIpc) is 2.07. The van der Waals surface area contributed by atoms with Crippen LogP contribution in [0.4, 0.5) is 13.2 Å². The van der Waals surface area contributed by atoms with Gasteiger partial charge in [0, 0.05) is 6.20 Å². The zero-order valence-corrected chi connectivity index (χ0v) is 8.31. The molecule has 1 rings (SSSR count). The smallest absolute Gasteiger partial charge is 0.260 e. The fourth-order valence-corrected chi connectivity index (χ4v) is 1.24. The van der Waals surface area contributed by atoms with E-state index in [1.165, 1.54) is 6.20 Å². The molecule has 0 radical (unpaired) electrons. The monoisotopic (exact) mass is 203 g/mol. The summed E-state index contributed by atoms with van der Waals surface area (Å²) in [5, 5.41) is 0. The van der Waals surface area contributed by atoms with E-state index >= 15 is 0 Å². The molecule has 0 bridgehead atoms. The van der Waals surface area contributed by atoms with Crippen LogP contribution in [0.25, 0.3) is 0 Å². The molecule has 1 heterocycles. The minimum atomic E-state index is -4.22. The van der Waals surface area contributed by atoms with Gasteiger partial charge in [-0.15, -0.1) is 0 Å². The second-order valence-corrected chi connectivity index (χ2v) is 3.40. The van der Waals surface area contributed by atoms with Crippen molar-refractivity contribution in [3.8, 4) is 0 Å². The van der Waals surface area contributed by atoms with E-state index in [4.69, 9.17) is 0 Å². The Balaban J connectivity index is 3.14. The van der Waals surface area contributed by atoms with Crippen molar-refractivity contribution >= 4 is 0 Å². The molecule has 1 aromatic heterocycles. The quantitative estimate of drug-likeness (QED) is 0.682. The Labute approximate surface area is 81.0 Å². The molecule has 0 amide bonds. The van der Waals surface area contributed by atoms with Gasteiger partial charge in [-0.1, -0.05) is 0 Å². The molecule has 0 N–H and O–H groups in total. The van der Waals surface area contributed by atoms with Crippen molar-refractivity contribution in [2.75, 3.05) is 0 Å². The first kappa shape index (κ1) is 11.0. The molecular formula is C10H12F3N. The largest absolute Gasteiger partial charge is 0.396 e. The van der Waals surface area contributed by atoms with Crippen molar-refractivity contribution in [1.82, 2.24) is 4.98 Å². The number of halogens is 3. The third-order valence-corrected chi connectivity index (χ3v) is 2.42. The lowest BCUT2D eigenvalue weighted by atomic mass is 9.99. The van der Waals surface area contributed by atoms with E-state index in [1.54, 1.807) is 19.9 Å². The van der Waals surface area contributed by atoms with Gasteiger partial charge in [0.2, 0.25) is 0 Å². The van der Waals surface area contributed by atoms with Gasteiger partial charge in [-0.2, -0.15) is 13.2 Å². The number of alkyl halides is 3. The Morgan fingerprint density at radius 1 is 1.29 bits per heavy atom. The summed E-state index contributed by atoms with van der Waals surface area (Å²) in [5.74, 6) is -1.50. The Morgan fingerprint density at radius 3 is 2.36 bits per heavy atom. The number of aromatic nitrogens is 1. The molecule has 0 saturated carbocycles. The Kier molecular flexibility index (Phi) is 2.83. The van der Waals surface area contributed by atoms with E-state index in [0.717, 1.165) is 12.5 Å². The van der Waals surface area contributed by atoms with E-state index in [0.29, 0.717) is 5.56 Å². The van der Waals surface area contributed by atoms with E-state index < -0.39 is 12.1 Å². The second kappa shape index (κ2) is 3.59. The van der Waals surface area contributed by atoms with Crippen molar-refractivity contribution in [3.05, 3.63) is 29.1 Å². The highest BCUT2D eigenvalue weighted by Crippen LogP contribution is 2.34. The van der Waals surface area contributed by atoms with Crippen LogP contribution in [0.2, 0.25) is 0 Å². The van der Waals surface area contributed by atoms with E-state index in [-0.39, 0.29) is 5.69 Å². The summed E-state index contributed by atoms with van der Waals surface area (Å²) in [7, 11) is 0. The van der Waals surface area contributed by atoms with Crippen LogP contribution in [0.3, 0.4) is 0 Å². The van der Waals surface area contributed by atoms with Crippen molar-refractivity contribution in [3.63, 3.8) is 0 Å². The summed E-state index contributed by atoms with van der Waals surface area (Å²) in [6.45, 7) is 4.58. The topological polar surface area (TPSA) is 12.9 Å². The number of hydrogen-bond acceptors (Lipinski definition) is 1. The predicted molar refractivity (Wildman–Crippen MR) is 48.2 cm³/mol. The van der Waals surface area contributed by atoms with Gasteiger partial charge in [0.05, 0.1) is 11.6 Å². The highest BCUT2D eigenvalue weighted by molar-refractivity contribution is 5.30. The number of aryl methyl sites for hydroxylation is 1. The highest BCUT2D eigenvalue weighted by Gasteiger charge is 2.38. The van der Waals surface area contributed by atoms with Gasteiger partial charge in [-0.25, -0.2) is 0 Å². The molecule has 0 fully saturated rings. The second-order valence-electron chi connectivity index (χ2n) is 3.40. The molecule has 0 aliphatic carbocycles. The van der Waals surface area contributed by atoms with Crippen LogP contribution in [0, 0.1) is 13.8 Å². The van der Waals surface area contributed by atoms with Gasteiger partial charge in [-0.3, -0.25) is 4.98 Å². The zero-order valence-electron chi connectivity index (χ0n) is 8.31. The van der Waals surface area contributed by atoms with Gasteiger partial charge < -0.3 is 0 Å². The highest BCUT2D eigenvalue weighted by atomic mass is 19.4. The van der Waals surface area contributed by atoms with Gasteiger partial charge in [0.25, 0.3) is 0 Å². The first-order valence-electron chi connectivity index (χ1n) is 4.33. The van der Waals surface area contributed by atoms with Crippen molar-refractivity contribution in [1.29, 1.82) is 0 Å². The first-order valence-corrected chi connectivity index (χ1v) is 4.33. The van der Waals surface area contributed by atoms with Crippen molar-refractivity contribution in [2.45, 2.75) is 32.9 Å². The zero-order chi connectivity index (χ0) is 10.9. The molecular weight excluding hydrogens is 191 g/mol. The van der Waals surface area contributed by atoms with Gasteiger partial charge >= 0.3 is 6.18 Å². The van der Waals surface area contributed by atoms with Gasteiger partial charge in [-0.05, 0) is 38.0 Å². The minimum Gasteiger partial charge on any atom is -0.260 e. The molecule has 1 unspecified atom stereocenters. The normalized spacial score (nSPS) is 14.1. The lowest BCUT2D eigenvalue weighted by molar-refractivity contribution is -0.147. The van der Waals surface area contributed by atoms with Crippen LogP contribution in [-0.4, -0.2) is 11.2 Å². The predicted octanol–water partition coefficient (Wildman–Crippen LogP) is 3.36. The Bertz CT molecular complexity index is 331. The summed E-state index contributed by atoms with van der Waals surface area (Å²) >= 11 is 0. The fourth-order valence-electron chi connectivity index (χ4n) is 1.24. The summed E-state index contributed by atoms with van der Waals surface area (Å²) in [6.07, 6.45) is -2.80. The number of nitrogens with zero attached hydrogens (tertiary/aromatic N) is 1. The molecule has 0 saturated heterocycles. The molecule has 4 heteroatoms. The van der Waals surface area contributed by atoms with Crippen LogP contribution in [0.5, 0.6) is 0 Å². The van der Waals surface area contributed by atoms with Gasteiger partial charge in [0.15, 0.2) is 0 Å². The molecule has 1 atom stereocenters. The first-order chi connectivity index (χ1) is 6.34. The third kappa shape index (κ3) is 2.05. The number of pyridine rings is 1. The number of rotatable bonds is 1. The maximum Gasteiger partial charge on any atom is 0.396 e. The molecule has 0 aliphatic rings. The Morgan fingerprint density at radius 2 is 1.86 bits per heavy atom. The molecule has 1 nitrogen and oxygen atoms in total. The van der Waals surface area contributed by atoms with E-state index in [9.17, 15) is 13.2 Å². The summed E-state index contributed by atoms with van der Waals surface area (Å²) in [4.78, 5) is 3.79. The summed E-state index contributed by atoms with van der Waals surface area (Å²) < 4.78 is 37.2. The van der Waals surface area contributed by atoms with Crippen LogP contribution in [0.15, 0.2) is 12.3 Å². The lowest BCUT2D eigenvalue weighted by Gasteiger charge is -2.17. The minimum absolute atomic E-state index is 0.123. The van der Waals surface area contributed by atoms with Crippen LogP contribution in [0.1, 0.15) is 29.7 Å². The summed E-state index contributed by atoms with van der Waals surface area (Å²) in [6, 6.07) is 1.71. The van der Waals surface area contributed by atoms with Crippen molar-refractivity contribution in [2.24, 2.45) is 0 Å². The van der Waals surface area contributed by atoms with Gasteiger partial charge in [0.1, 0.15) is 0 Å².